The van der Waals surface area contributed by atoms with Crippen molar-refractivity contribution in [2.75, 3.05) is 0 Å². The van der Waals surface area contributed by atoms with Crippen LogP contribution in [-0.2, 0) is 11.2 Å². The van der Waals surface area contributed by atoms with E-state index in [2.05, 4.69) is 10.5 Å². The second kappa shape index (κ2) is 6.47. The van der Waals surface area contributed by atoms with Gasteiger partial charge in [0, 0.05) is 0 Å². The van der Waals surface area contributed by atoms with E-state index in [4.69, 9.17) is 34.1 Å². The van der Waals surface area contributed by atoms with E-state index in [1.165, 1.54) is 0 Å². The lowest BCUT2D eigenvalue weighted by molar-refractivity contribution is -0.120. The van der Waals surface area contributed by atoms with E-state index in [-0.39, 0.29) is 18.2 Å². The van der Waals surface area contributed by atoms with Crippen molar-refractivity contribution in [3.8, 4) is 0 Å². The van der Waals surface area contributed by atoms with Gasteiger partial charge in [-0.15, -0.1) is 0 Å². The Morgan fingerprint density at radius 2 is 2.17 bits per heavy atom. The Kier molecular flexibility index (Phi) is 5.25. The van der Waals surface area contributed by atoms with Gasteiger partial charge in [-0.05, 0) is 24.6 Å². The number of nitrogens with zero attached hydrogens (tertiary/aromatic N) is 1. The van der Waals surface area contributed by atoms with E-state index in [0.29, 0.717) is 10.0 Å². The van der Waals surface area contributed by atoms with Crippen molar-refractivity contribution in [1.29, 1.82) is 0 Å². The lowest BCUT2D eigenvalue weighted by Gasteiger charge is -2.12. The number of hydrogen-bond donors (Lipinski definition) is 3. The summed E-state index contributed by atoms with van der Waals surface area (Å²) in [6.45, 7) is 1.61. The van der Waals surface area contributed by atoms with Gasteiger partial charge in [-0.1, -0.05) is 34.4 Å². The molecule has 0 fully saturated rings. The smallest absolute Gasteiger partial charge is 0.224 e. The molecule has 1 rings (SSSR count). The number of rotatable bonds is 4. The monoisotopic (exact) mass is 289 g/mol. The predicted molar refractivity (Wildman–Crippen MR) is 71.2 cm³/mol. The van der Waals surface area contributed by atoms with Gasteiger partial charge >= 0.3 is 0 Å². The van der Waals surface area contributed by atoms with Gasteiger partial charge in [0.2, 0.25) is 5.91 Å². The maximum Gasteiger partial charge on any atom is 0.224 e. The first-order chi connectivity index (χ1) is 8.43. The van der Waals surface area contributed by atoms with E-state index < -0.39 is 6.04 Å². The van der Waals surface area contributed by atoms with Gasteiger partial charge in [-0.3, -0.25) is 4.79 Å². The molecule has 0 heterocycles. The molecule has 1 amide bonds. The van der Waals surface area contributed by atoms with Crippen LogP contribution in [0.3, 0.4) is 0 Å². The third-order valence-corrected chi connectivity index (χ3v) is 3.02. The summed E-state index contributed by atoms with van der Waals surface area (Å²) >= 11 is 11.6. The number of halogens is 2. The van der Waals surface area contributed by atoms with E-state index >= 15 is 0 Å². The highest BCUT2D eigenvalue weighted by atomic mass is 35.5. The molecule has 1 aromatic rings. The summed E-state index contributed by atoms with van der Waals surface area (Å²) in [6.07, 6.45) is 0.139. The van der Waals surface area contributed by atoms with E-state index in [1.54, 1.807) is 25.1 Å². The van der Waals surface area contributed by atoms with Crippen LogP contribution < -0.4 is 11.1 Å². The molecule has 0 aliphatic heterocycles. The Bertz CT molecular complexity index is 477. The molecule has 0 aliphatic rings. The average Bonchev–Trinajstić information content (AvgIpc) is 2.32. The standard InChI is InChI=1S/C11H13Cl2N3O2/c1-6(11(14)16-18)15-10(17)5-7-2-3-8(12)9(13)4-7/h2-4,6,18H,5H2,1H3,(H2,14,16)(H,15,17). The third kappa shape index (κ3) is 4.09. The third-order valence-electron chi connectivity index (χ3n) is 2.29. The molecule has 0 saturated carbocycles. The zero-order valence-electron chi connectivity index (χ0n) is 9.65. The number of amidine groups is 1. The fourth-order valence-corrected chi connectivity index (χ4v) is 1.61. The number of hydrogen-bond acceptors (Lipinski definition) is 3. The summed E-state index contributed by atoms with van der Waals surface area (Å²) in [7, 11) is 0. The number of nitrogens with two attached hydrogens (primary N) is 1. The van der Waals surface area contributed by atoms with Gasteiger partial charge in [0.05, 0.1) is 22.5 Å². The van der Waals surface area contributed by atoms with Crippen molar-refractivity contribution in [2.24, 2.45) is 10.9 Å². The van der Waals surface area contributed by atoms with Gasteiger partial charge in [-0.2, -0.15) is 0 Å². The molecular weight excluding hydrogens is 277 g/mol. The van der Waals surface area contributed by atoms with Crippen LogP contribution >= 0.6 is 23.2 Å². The summed E-state index contributed by atoms with van der Waals surface area (Å²) in [5.74, 6) is -0.315. The minimum absolute atomic E-state index is 0.0579. The van der Waals surface area contributed by atoms with E-state index in [1.807, 2.05) is 0 Å². The summed E-state index contributed by atoms with van der Waals surface area (Å²) < 4.78 is 0. The molecule has 0 saturated heterocycles. The molecule has 18 heavy (non-hydrogen) atoms. The molecule has 1 unspecified atom stereocenters. The van der Waals surface area contributed by atoms with Crippen molar-refractivity contribution in [3.63, 3.8) is 0 Å². The topological polar surface area (TPSA) is 87.7 Å². The molecule has 5 nitrogen and oxygen atoms in total. The van der Waals surface area contributed by atoms with Gasteiger partial charge < -0.3 is 16.3 Å². The Balaban J connectivity index is 2.62. The molecule has 0 bridgehead atoms. The summed E-state index contributed by atoms with van der Waals surface area (Å²) in [5, 5.41) is 14.7. The van der Waals surface area contributed by atoms with Gasteiger partial charge in [0.1, 0.15) is 0 Å². The second-order valence-electron chi connectivity index (χ2n) is 3.74. The van der Waals surface area contributed by atoms with Crippen LogP contribution in [0.5, 0.6) is 0 Å². The highest BCUT2D eigenvalue weighted by molar-refractivity contribution is 6.42. The molecule has 98 valence electrons. The van der Waals surface area contributed by atoms with Crippen LogP contribution in [0.2, 0.25) is 10.0 Å². The SMILES string of the molecule is CC(NC(=O)Cc1ccc(Cl)c(Cl)c1)C(N)=NO. The molecule has 1 aromatic carbocycles. The Labute approximate surface area is 115 Å². The molecular formula is C11H13Cl2N3O2. The number of carbonyl (C=O) groups is 1. The lowest BCUT2D eigenvalue weighted by Crippen LogP contribution is -2.43. The second-order valence-corrected chi connectivity index (χ2v) is 4.55. The van der Waals surface area contributed by atoms with Gasteiger partial charge in [-0.25, -0.2) is 0 Å². The fourth-order valence-electron chi connectivity index (χ4n) is 1.29. The minimum Gasteiger partial charge on any atom is -0.409 e. The highest BCUT2D eigenvalue weighted by Gasteiger charge is 2.12. The first kappa shape index (κ1) is 14.6. The van der Waals surface area contributed by atoms with Crippen molar-refractivity contribution >= 4 is 34.9 Å². The highest BCUT2D eigenvalue weighted by Crippen LogP contribution is 2.22. The van der Waals surface area contributed by atoms with Gasteiger partial charge in [0.25, 0.3) is 0 Å². The van der Waals surface area contributed by atoms with Crippen LogP contribution in [0.15, 0.2) is 23.4 Å². The molecule has 7 heteroatoms. The van der Waals surface area contributed by atoms with Crippen LogP contribution in [0.1, 0.15) is 12.5 Å². The van der Waals surface area contributed by atoms with E-state index in [0.717, 1.165) is 5.56 Å². The number of benzene rings is 1. The molecule has 0 radical (unpaired) electrons. The molecule has 0 aliphatic carbocycles. The first-order valence-electron chi connectivity index (χ1n) is 5.14. The number of amides is 1. The predicted octanol–water partition coefficient (Wildman–Crippen LogP) is 1.79. The maximum absolute atomic E-state index is 11.7. The van der Waals surface area contributed by atoms with Crippen molar-refractivity contribution in [3.05, 3.63) is 33.8 Å². The fraction of sp³-hybridized carbons (Fsp3) is 0.273. The van der Waals surface area contributed by atoms with E-state index in [9.17, 15) is 4.79 Å². The van der Waals surface area contributed by atoms with Crippen molar-refractivity contribution in [2.45, 2.75) is 19.4 Å². The normalized spacial score (nSPS) is 13.2. The molecule has 1 atom stereocenters. The Morgan fingerprint density at radius 1 is 1.50 bits per heavy atom. The summed E-state index contributed by atoms with van der Waals surface area (Å²) in [6, 6.07) is 4.42. The lowest BCUT2D eigenvalue weighted by atomic mass is 10.1. The quantitative estimate of drug-likeness (QED) is 0.342. The number of oxime groups is 1. The van der Waals surface area contributed by atoms with Crippen molar-refractivity contribution in [1.82, 2.24) is 5.32 Å². The van der Waals surface area contributed by atoms with Gasteiger partial charge in [0.15, 0.2) is 5.84 Å². The summed E-state index contributed by atoms with van der Waals surface area (Å²) in [5.41, 5.74) is 6.08. The molecule has 0 spiro atoms. The zero-order valence-corrected chi connectivity index (χ0v) is 11.2. The average molecular weight is 290 g/mol. The summed E-state index contributed by atoms with van der Waals surface area (Å²) in [4.78, 5) is 11.7. The minimum atomic E-state index is -0.537. The molecule has 0 aromatic heterocycles. The number of carbonyl (C=O) groups excluding carboxylic acids is 1. The Hall–Kier alpha value is -1.46. The number of nitrogens with one attached hydrogen (secondary N) is 1. The molecule has 4 N–H and O–H groups in total. The largest absolute Gasteiger partial charge is 0.409 e. The van der Waals surface area contributed by atoms with Crippen LogP contribution in [0, 0.1) is 0 Å². The van der Waals surface area contributed by atoms with Crippen LogP contribution in [0.4, 0.5) is 0 Å². The van der Waals surface area contributed by atoms with Crippen molar-refractivity contribution < 1.29 is 10.0 Å². The first-order valence-corrected chi connectivity index (χ1v) is 5.90. The zero-order chi connectivity index (χ0) is 13.7. The maximum atomic E-state index is 11.7. The van der Waals surface area contributed by atoms with Crippen LogP contribution in [-0.4, -0.2) is 23.0 Å². The Morgan fingerprint density at radius 3 is 2.72 bits per heavy atom. The van der Waals surface area contributed by atoms with Crippen LogP contribution in [0.25, 0.3) is 0 Å².